The van der Waals surface area contributed by atoms with E-state index in [1.54, 1.807) is 5.06 Å². The zero-order valence-electron chi connectivity index (χ0n) is 14.8. The molecule has 1 aromatic carbocycles. The molecule has 3 aliphatic heterocycles. The fourth-order valence-electron chi connectivity index (χ4n) is 4.32. The lowest BCUT2D eigenvalue weighted by atomic mass is 9.90. The van der Waals surface area contributed by atoms with Gasteiger partial charge in [-0.3, -0.25) is 9.63 Å². The van der Waals surface area contributed by atoms with Crippen LogP contribution in [0.15, 0.2) is 30.3 Å². The summed E-state index contributed by atoms with van der Waals surface area (Å²) in [6.45, 7) is 5.26. The van der Waals surface area contributed by atoms with Gasteiger partial charge < -0.3 is 9.64 Å². The van der Waals surface area contributed by atoms with E-state index in [0.29, 0.717) is 31.0 Å². The summed E-state index contributed by atoms with van der Waals surface area (Å²) < 4.78 is 6.01. The Morgan fingerprint density at radius 3 is 2.84 bits per heavy atom. The van der Waals surface area contributed by atoms with Crippen molar-refractivity contribution in [3.63, 3.8) is 0 Å². The highest BCUT2D eigenvalue weighted by molar-refractivity contribution is 5.75. The van der Waals surface area contributed by atoms with Gasteiger partial charge in [-0.25, -0.2) is 5.06 Å². The molecule has 3 aliphatic rings. The SMILES string of the molecule is O=C(C[C@@H]1CO[C@@H]2CN(CCc3ccccc3)C[C@H]12)N1CCCCO1. The van der Waals surface area contributed by atoms with Gasteiger partial charge in [-0.1, -0.05) is 30.3 Å². The third kappa shape index (κ3) is 4.05. The Balaban J connectivity index is 1.27. The molecule has 3 atom stereocenters. The third-order valence-electron chi connectivity index (χ3n) is 5.79. The highest BCUT2D eigenvalue weighted by atomic mass is 16.7. The summed E-state index contributed by atoms with van der Waals surface area (Å²) in [4.78, 5) is 20.5. The van der Waals surface area contributed by atoms with Crippen LogP contribution >= 0.6 is 0 Å². The molecule has 3 heterocycles. The minimum absolute atomic E-state index is 0.136. The van der Waals surface area contributed by atoms with E-state index < -0.39 is 0 Å². The van der Waals surface area contributed by atoms with Gasteiger partial charge in [0.2, 0.25) is 5.91 Å². The Kier molecular flexibility index (Phi) is 5.34. The van der Waals surface area contributed by atoms with Crippen molar-refractivity contribution in [3.05, 3.63) is 35.9 Å². The topological polar surface area (TPSA) is 42.0 Å². The number of amides is 1. The highest BCUT2D eigenvalue weighted by Gasteiger charge is 2.44. The van der Waals surface area contributed by atoms with Crippen molar-refractivity contribution < 1.29 is 14.4 Å². The Morgan fingerprint density at radius 2 is 2.04 bits per heavy atom. The van der Waals surface area contributed by atoms with Crippen molar-refractivity contribution in [3.8, 4) is 0 Å². The van der Waals surface area contributed by atoms with Crippen LogP contribution in [0.5, 0.6) is 0 Å². The largest absolute Gasteiger partial charge is 0.376 e. The Morgan fingerprint density at radius 1 is 1.16 bits per heavy atom. The predicted octanol–water partition coefficient (Wildman–Crippen LogP) is 2.12. The number of nitrogens with zero attached hydrogens (tertiary/aromatic N) is 2. The second-order valence-corrected chi connectivity index (χ2v) is 7.53. The summed E-state index contributed by atoms with van der Waals surface area (Å²) in [5.41, 5.74) is 1.38. The molecule has 0 spiro atoms. The molecule has 136 valence electrons. The van der Waals surface area contributed by atoms with Gasteiger partial charge in [0, 0.05) is 38.5 Å². The van der Waals surface area contributed by atoms with E-state index in [2.05, 4.69) is 35.2 Å². The molecular formula is C20H28N2O3. The van der Waals surface area contributed by atoms with Gasteiger partial charge in [-0.15, -0.1) is 0 Å². The average molecular weight is 344 g/mol. The van der Waals surface area contributed by atoms with E-state index >= 15 is 0 Å². The summed E-state index contributed by atoms with van der Waals surface area (Å²) in [5.74, 6) is 0.964. The lowest BCUT2D eigenvalue weighted by Crippen LogP contribution is -2.37. The number of hydroxylamine groups is 2. The number of fused-ring (bicyclic) bond motifs is 1. The minimum atomic E-state index is 0.136. The molecule has 3 fully saturated rings. The zero-order chi connectivity index (χ0) is 17.1. The zero-order valence-corrected chi connectivity index (χ0v) is 14.8. The summed E-state index contributed by atoms with van der Waals surface area (Å²) in [5, 5.41) is 1.58. The van der Waals surface area contributed by atoms with Crippen LogP contribution < -0.4 is 0 Å². The first kappa shape index (κ1) is 17.0. The standard InChI is InChI=1S/C20H28N2O3/c23-20(22-9-4-5-11-25-22)12-17-15-24-19-14-21(13-18(17)19)10-8-16-6-2-1-3-7-16/h1-3,6-7,17-19H,4-5,8-15H2/t17-,18-,19-/m1/s1. The van der Waals surface area contributed by atoms with E-state index in [-0.39, 0.29) is 5.91 Å². The maximum Gasteiger partial charge on any atom is 0.246 e. The molecule has 1 aromatic rings. The Labute approximate surface area is 149 Å². The molecule has 5 nitrogen and oxygen atoms in total. The highest BCUT2D eigenvalue weighted by Crippen LogP contribution is 2.36. The third-order valence-corrected chi connectivity index (χ3v) is 5.79. The van der Waals surface area contributed by atoms with Crippen LogP contribution in [0.3, 0.4) is 0 Å². The monoisotopic (exact) mass is 344 g/mol. The molecule has 0 saturated carbocycles. The summed E-state index contributed by atoms with van der Waals surface area (Å²) in [6, 6.07) is 10.6. The predicted molar refractivity (Wildman–Crippen MR) is 94.8 cm³/mol. The van der Waals surface area contributed by atoms with Crippen molar-refractivity contribution in [2.75, 3.05) is 39.4 Å². The number of benzene rings is 1. The van der Waals surface area contributed by atoms with Crippen molar-refractivity contribution >= 4 is 5.91 Å². The molecule has 3 saturated heterocycles. The number of hydrogen-bond acceptors (Lipinski definition) is 4. The van der Waals surface area contributed by atoms with Gasteiger partial charge in [-0.2, -0.15) is 0 Å². The van der Waals surface area contributed by atoms with E-state index in [9.17, 15) is 4.79 Å². The number of likely N-dealkylation sites (tertiary alicyclic amines) is 1. The van der Waals surface area contributed by atoms with E-state index in [4.69, 9.17) is 9.57 Å². The van der Waals surface area contributed by atoms with Gasteiger partial charge in [0.15, 0.2) is 0 Å². The molecule has 0 aromatic heterocycles. The first-order valence-electron chi connectivity index (χ1n) is 9.61. The van der Waals surface area contributed by atoms with Crippen molar-refractivity contribution in [1.29, 1.82) is 0 Å². The van der Waals surface area contributed by atoms with Crippen LogP contribution in [-0.2, 0) is 20.8 Å². The van der Waals surface area contributed by atoms with Crippen LogP contribution in [0.1, 0.15) is 24.8 Å². The maximum atomic E-state index is 12.5. The van der Waals surface area contributed by atoms with Crippen LogP contribution in [0.25, 0.3) is 0 Å². The lowest BCUT2D eigenvalue weighted by molar-refractivity contribution is -0.198. The smallest absolute Gasteiger partial charge is 0.246 e. The molecule has 0 bridgehead atoms. The van der Waals surface area contributed by atoms with E-state index in [1.165, 1.54) is 5.56 Å². The lowest BCUT2D eigenvalue weighted by Gasteiger charge is -2.27. The number of carbonyl (C=O) groups excluding carboxylic acids is 1. The van der Waals surface area contributed by atoms with Gasteiger partial charge in [0.05, 0.1) is 19.3 Å². The van der Waals surface area contributed by atoms with Crippen molar-refractivity contribution in [2.24, 2.45) is 11.8 Å². The first-order valence-corrected chi connectivity index (χ1v) is 9.61. The number of ether oxygens (including phenoxy) is 1. The Bertz CT molecular complexity index is 574. The van der Waals surface area contributed by atoms with E-state index in [0.717, 1.165) is 52.0 Å². The molecule has 1 amide bonds. The molecule has 0 unspecified atom stereocenters. The molecule has 0 radical (unpaired) electrons. The summed E-state index contributed by atoms with van der Waals surface area (Å²) >= 11 is 0. The fourth-order valence-corrected chi connectivity index (χ4v) is 4.32. The van der Waals surface area contributed by atoms with Crippen molar-refractivity contribution in [1.82, 2.24) is 9.96 Å². The summed E-state index contributed by atoms with van der Waals surface area (Å²) in [6.07, 6.45) is 4.04. The van der Waals surface area contributed by atoms with Gasteiger partial charge in [0.1, 0.15) is 0 Å². The van der Waals surface area contributed by atoms with Crippen LogP contribution in [-0.4, -0.2) is 61.4 Å². The molecule has 25 heavy (non-hydrogen) atoms. The second kappa shape index (κ2) is 7.85. The molecule has 4 rings (SSSR count). The van der Waals surface area contributed by atoms with Crippen LogP contribution in [0.2, 0.25) is 0 Å². The number of rotatable bonds is 5. The first-order chi connectivity index (χ1) is 12.3. The quantitative estimate of drug-likeness (QED) is 0.821. The fraction of sp³-hybridized carbons (Fsp3) is 0.650. The van der Waals surface area contributed by atoms with Gasteiger partial charge in [0.25, 0.3) is 0 Å². The molecule has 5 heteroatoms. The maximum absolute atomic E-state index is 12.5. The van der Waals surface area contributed by atoms with Crippen molar-refractivity contribution in [2.45, 2.75) is 31.8 Å². The van der Waals surface area contributed by atoms with Crippen LogP contribution in [0, 0.1) is 11.8 Å². The second-order valence-electron chi connectivity index (χ2n) is 7.53. The van der Waals surface area contributed by atoms with Gasteiger partial charge in [-0.05, 0) is 30.7 Å². The minimum Gasteiger partial charge on any atom is -0.376 e. The average Bonchev–Trinajstić information content (AvgIpc) is 3.23. The molecular weight excluding hydrogens is 316 g/mol. The summed E-state index contributed by atoms with van der Waals surface area (Å²) in [7, 11) is 0. The number of hydrogen-bond donors (Lipinski definition) is 0. The van der Waals surface area contributed by atoms with E-state index in [1.807, 2.05) is 0 Å². The van der Waals surface area contributed by atoms with Gasteiger partial charge >= 0.3 is 0 Å². The molecule has 0 N–H and O–H groups in total. The molecule has 0 aliphatic carbocycles. The normalized spacial score (nSPS) is 29.8. The van der Waals surface area contributed by atoms with Crippen LogP contribution in [0.4, 0.5) is 0 Å². The Hall–Kier alpha value is -1.43. The number of carbonyl (C=O) groups is 1.